The molecule has 8 nitrogen and oxygen atoms in total. The second-order valence-electron chi connectivity index (χ2n) is 14.2. The van der Waals surface area contributed by atoms with Crippen LogP contribution in [0.15, 0.2) is 11.6 Å². The molecule has 0 aromatic rings. The quantitative estimate of drug-likeness (QED) is 0.0634. The molecule has 2 fully saturated rings. The van der Waals surface area contributed by atoms with E-state index in [1.165, 1.54) is 44.9 Å². The van der Waals surface area contributed by atoms with Crippen molar-refractivity contribution < 1.29 is 39.4 Å². The molecule has 0 aromatic heterocycles. The minimum Gasteiger partial charge on any atom is -0.455 e. The highest BCUT2D eigenvalue weighted by molar-refractivity contribution is 5.90. The fraction of sp³-hybridized carbons (Fsp3) is 0.919. The highest BCUT2D eigenvalue weighted by Gasteiger charge is 2.36. The SMILES string of the molecule is CCCCCC[C@H](O)CCC[C@H](O)[C@H]1CC[C@H]([C@H](O)CC[C@@H](O)[C@H]2CC[C@H](CCCCCCCCCC3=C[C@@H](C)OC3=O)O2)O1. The molecular formula is C37H66O8. The maximum atomic E-state index is 11.7. The molecule has 3 aliphatic rings. The van der Waals surface area contributed by atoms with E-state index >= 15 is 0 Å². The molecule has 4 N–H and O–H groups in total. The van der Waals surface area contributed by atoms with Gasteiger partial charge in [-0.25, -0.2) is 4.79 Å². The third-order valence-corrected chi connectivity index (χ3v) is 10.2. The molecule has 0 bridgehead atoms. The molecule has 0 aliphatic carbocycles. The Bertz CT molecular complexity index is 833. The molecule has 45 heavy (non-hydrogen) atoms. The standard InChI is InChI=1S/C37H66O8/c1-3-4-5-12-16-29(38)17-14-19-31(39)35-24-25-36(45-35)33(41)22-21-32(40)34-23-20-30(44-34)18-13-10-8-6-7-9-11-15-28-26-27(2)43-37(28)42/h26-27,29-36,38-41H,3-25H2,1-2H3/t27-,29+,30+,31+,32-,33-,34-,35-,36-/m1/s1. The summed E-state index contributed by atoms with van der Waals surface area (Å²) < 4.78 is 17.4. The molecule has 3 heterocycles. The zero-order chi connectivity index (χ0) is 32.4. The van der Waals surface area contributed by atoms with Gasteiger partial charge in [0.05, 0.1) is 48.8 Å². The van der Waals surface area contributed by atoms with E-state index in [4.69, 9.17) is 14.2 Å². The first-order valence-electron chi connectivity index (χ1n) is 18.7. The molecule has 9 atom stereocenters. The van der Waals surface area contributed by atoms with Gasteiger partial charge in [0.1, 0.15) is 6.10 Å². The van der Waals surface area contributed by atoms with Crippen molar-refractivity contribution in [1.29, 1.82) is 0 Å². The van der Waals surface area contributed by atoms with Crippen LogP contribution in [0.4, 0.5) is 0 Å². The van der Waals surface area contributed by atoms with Crippen molar-refractivity contribution in [2.24, 2.45) is 0 Å². The highest BCUT2D eigenvalue weighted by Crippen LogP contribution is 2.31. The average Bonchev–Trinajstić information content (AvgIpc) is 3.77. The van der Waals surface area contributed by atoms with Gasteiger partial charge in [-0.1, -0.05) is 71.1 Å². The third-order valence-electron chi connectivity index (χ3n) is 10.2. The number of esters is 1. The molecule has 262 valence electrons. The summed E-state index contributed by atoms with van der Waals surface area (Å²) in [5, 5.41) is 42.3. The van der Waals surface area contributed by atoms with Crippen molar-refractivity contribution in [2.75, 3.05) is 0 Å². The van der Waals surface area contributed by atoms with Gasteiger partial charge in [0.2, 0.25) is 0 Å². The van der Waals surface area contributed by atoms with Crippen molar-refractivity contribution in [2.45, 2.75) is 216 Å². The normalized spacial score (nSPS) is 27.8. The van der Waals surface area contributed by atoms with Gasteiger partial charge in [-0.15, -0.1) is 0 Å². The number of ether oxygens (including phenoxy) is 3. The molecule has 0 spiro atoms. The first-order chi connectivity index (χ1) is 21.8. The Morgan fingerprint density at radius 2 is 1.22 bits per heavy atom. The number of hydrogen-bond donors (Lipinski definition) is 4. The number of carbonyl (C=O) groups excluding carboxylic acids is 1. The van der Waals surface area contributed by atoms with Gasteiger partial charge in [-0.2, -0.15) is 0 Å². The van der Waals surface area contributed by atoms with Crippen LogP contribution in [0.2, 0.25) is 0 Å². The number of rotatable bonds is 25. The lowest BCUT2D eigenvalue weighted by molar-refractivity contribution is -0.139. The first kappa shape index (κ1) is 38.4. The lowest BCUT2D eigenvalue weighted by atomic mass is 9.98. The van der Waals surface area contributed by atoms with E-state index in [9.17, 15) is 25.2 Å². The fourth-order valence-corrected chi connectivity index (χ4v) is 7.28. The topological polar surface area (TPSA) is 126 Å². The van der Waals surface area contributed by atoms with E-state index in [1.54, 1.807) is 0 Å². The molecule has 2 saturated heterocycles. The summed E-state index contributed by atoms with van der Waals surface area (Å²) >= 11 is 0. The monoisotopic (exact) mass is 638 g/mol. The fourth-order valence-electron chi connectivity index (χ4n) is 7.28. The van der Waals surface area contributed by atoms with Crippen molar-refractivity contribution >= 4 is 5.97 Å². The summed E-state index contributed by atoms with van der Waals surface area (Å²) in [6.07, 6.45) is 21.2. The predicted octanol–water partition coefficient (Wildman–Crippen LogP) is 6.83. The highest BCUT2D eigenvalue weighted by atomic mass is 16.5. The minimum atomic E-state index is -0.654. The molecule has 0 aromatic carbocycles. The van der Waals surface area contributed by atoms with Crippen LogP contribution in [-0.2, 0) is 19.0 Å². The zero-order valence-electron chi connectivity index (χ0n) is 28.5. The molecule has 3 aliphatic heterocycles. The first-order valence-corrected chi connectivity index (χ1v) is 18.7. The summed E-state index contributed by atoms with van der Waals surface area (Å²) in [5.41, 5.74) is 0.846. The van der Waals surface area contributed by atoms with Crippen molar-refractivity contribution in [1.82, 2.24) is 0 Å². The van der Waals surface area contributed by atoms with Crippen LogP contribution in [0, 0.1) is 0 Å². The number of cyclic esters (lactones) is 1. The number of aliphatic hydroxyl groups excluding tert-OH is 4. The second kappa shape index (κ2) is 21.8. The van der Waals surface area contributed by atoms with Crippen LogP contribution in [0.3, 0.4) is 0 Å². The summed E-state index contributed by atoms with van der Waals surface area (Å²) in [7, 11) is 0. The van der Waals surface area contributed by atoms with Crippen LogP contribution >= 0.6 is 0 Å². The third kappa shape index (κ3) is 14.7. The van der Waals surface area contributed by atoms with Gasteiger partial charge >= 0.3 is 5.97 Å². The maximum absolute atomic E-state index is 11.7. The van der Waals surface area contributed by atoms with E-state index in [-0.39, 0.29) is 42.6 Å². The summed E-state index contributed by atoms with van der Waals surface area (Å²) in [4.78, 5) is 11.7. The van der Waals surface area contributed by atoms with E-state index in [0.29, 0.717) is 25.7 Å². The lowest BCUT2D eigenvalue weighted by Crippen LogP contribution is -2.33. The van der Waals surface area contributed by atoms with Gasteiger partial charge in [-0.05, 0) is 96.5 Å². The predicted molar refractivity (Wildman–Crippen MR) is 177 cm³/mol. The van der Waals surface area contributed by atoms with Crippen molar-refractivity contribution in [3.05, 3.63) is 11.6 Å². The van der Waals surface area contributed by atoms with Crippen LogP contribution in [-0.4, -0.2) is 81.3 Å². The number of aliphatic hydroxyl groups is 4. The Morgan fingerprint density at radius 1 is 0.667 bits per heavy atom. The molecule has 0 unspecified atom stereocenters. The zero-order valence-corrected chi connectivity index (χ0v) is 28.5. The van der Waals surface area contributed by atoms with Crippen molar-refractivity contribution in [3.8, 4) is 0 Å². The second-order valence-corrected chi connectivity index (χ2v) is 14.2. The van der Waals surface area contributed by atoms with Gasteiger partial charge in [0.15, 0.2) is 0 Å². The van der Waals surface area contributed by atoms with Crippen LogP contribution in [0.25, 0.3) is 0 Å². The number of unbranched alkanes of at least 4 members (excludes halogenated alkanes) is 9. The van der Waals surface area contributed by atoms with E-state index < -0.39 is 18.3 Å². The Balaban J connectivity index is 1.16. The van der Waals surface area contributed by atoms with Crippen molar-refractivity contribution in [3.63, 3.8) is 0 Å². The molecule has 8 heteroatoms. The summed E-state index contributed by atoms with van der Waals surface area (Å²) in [5.74, 6) is -0.138. The molecule has 0 radical (unpaired) electrons. The van der Waals surface area contributed by atoms with Crippen LogP contribution in [0.1, 0.15) is 162 Å². The smallest absolute Gasteiger partial charge is 0.334 e. The van der Waals surface area contributed by atoms with E-state index in [1.807, 2.05) is 13.0 Å². The van der Waals surface area contributed by atoms with Crippen LogP contribution in [0.5, 0.6) is 0 Å². The van der Waals surface area contributed by atoms with Gasteiger partial charge < -0.3 is 34.6 Å². The van der Waals surface area contributed by atoms with Gasteiger partial charge in [-0.3, -0.25) is 0 Å². The minimum absolute atomic E-state index is 0.0675. The van der Waals surface area contributed by atoms with Crippen LogP contribution < -0.4 is 0 Å². The van der Waals surface area contributed by atoms with Gasteiger partial charge in [0.25, 0.3) is 0 Å². The Hall–Kier alpha value is -1.03. The molecule has 3 rings (SSSR count). The molecule has 0 saturated carbocycles. The largest absolute Gasteiger partial charge is 0.455 e. The maximum Gasteiger partial charge on any atom is 0.334 e. The molecule has 0 amide bonds. The Morgan fingerprint density at radius 3 is 1.87 bits per heavy atom. The lowest BCUT2D eigenvalue weighted by Gasteiger charge is -2.24. The Labute approximate surface area is 273 Å². The average molecular weight is 639 g/mol. The number of carbonyl (C=O) groups is 1. The van der Waals surface area contributed by atoms with Gasteiger partial charge in [0, 0.05) is 5.57 Å². The number of hydrogen-bond acceptors (Lipinski definition) is 8. The molecular weight excluding hydrogens is 572 g/mol. The summed E-state index contributed by atoms with van der Waals surface area (Å²) in [6.45, 7) is 4.09. The van der Waals surface area contributed by atoms with E-state index in [2.05, 4.69) is 6.92 Å². The Kier molecular flexibility index (Phi) is 18.6. The summed E-state index contributed by atoms with van der Waals surface area (Å²) in [6, 6.07) is 0. The van der Waals surface area contributed by atoms with E-state index in [0.717, 1.165) is 82.6 Å².